The maximum atomic E-state index is 12.2. The smallest absolute Gasteiger partial charge is 0.265 e. The lowest BCUT2D eigenvalue weighted by Gasteiger charge is -2.40. The van der Waals surface area contributed by atoms with Crippen molar-refractivity contribution in [3.63, 3.8) is 0 Å². The van der Waals surface area contributed by atoms with E-state index in [-0.39, 0.29) is 17.9 Å². The molecular formula is C16H18N2O3S. The number of ether oxygens (including phenoxy) is 1. The third-order valence-electron chi connectivity index (χ3n) is 3.73. The summed E-state index contributed by atoms with van der Waals surface area (Å²) in [5.41, 5.74) is 1.35. The fourth-order valence-corrected chi connectivity index (χ4v) is 2.88. The molecule has 3 N–H and O–H groups in total. The predicted octanol–water partition coefficient (Wildman–Crippen LogP) is 2.42. The van der Waals surface area contributed by atoms with Gasteiger partial charge in [0.05, 0.1) is 41.5 Å². The van der Waals surface area contributed by atoms with Gasteiger partial charge in [-0.3, -0.25) is 4.79 Å². The van der Waals surface area contributed by atoms with Gasteiger partial charge < -0.3 is 20.5 Å². The monoisotopic (exact) mass is 318 g/mol. The summed E-state index contributed by atoms with van der Waals surface area (Å²) in [4.78, 5) is 12.8. The van der Waals surface area contributed by atoms with E-state index in [2.05, 4.69) is 10.6 Å². The molecule has 0 spiro atoms. The molecule has 0 atom stereocenters. The number of carbonyl (C=O) groups excluding carboxylic acids is 1. The molecule has 0 radical (unpaired) electrons. The molecular weight excluding hydrogens is 300 g/mol. The Labute approximate surface area is 132 Å². The fraction of sp³-hybridized carbons (Fsp3) is 0.312. The number of thiophene rings is 1. The second-order valence-corrected chi connectivity index (χ2v) is 6.43. The largest absolute Gasteiger partial charge is 0.396 e. The van der Waals surface area contributed by atoms with E-state index in [1.54, 1.807) is 6.07 Å². The zero-order chi connectivity index (χ0) is 15.4. The van der Waals surface area contributed by atoms with Gasteiger partial charge in [0.25, 0.3) is 5.91 Å². The van der Waals surface area contributed by atoms with Gasteiger partial charge in [-0.2, -0.15) is 0 Å². The number of benzene rings is 1. The summed E-state index contributed by atoms with van der Waals surface area (Å²) in [7, 11) is 0. The Bertz CT molecular complexity index is 633. The zero-order valence-electron chi connectivity index (χ0n) is 12.0. The minimum atomic E-state index is -0.217. The van der Waals surface area contributed by atoms with Crippen LogP contribution in [0.5, 0.6) is 0 Å². The minimum Gasteiger partial charge on any atom is -0.396 e. The molecule has 2 aromatic rings. The molecule has 2 heterocycles. The zero-order valence-corrected chi connectivity index (χ0v) is 12.9. The summed E-state index contributed by atoms with van der Waals surface area (Å²) in [5, 5.41) is 17.6. The van der Waals surface area contributed by atoms with E-state index in [1.807, 2.05) is 35.7 Å². The maximum absolute atomic E-state index is 12.2. The Morgan fingerprint density at radius 1 is 1.23 bits per heavy atom. The number of hydrogen-bond acceptors (Lipinski definition) is 5. The first-order valence-electron chi connectivity index (χ1n) is 7.09. The Morgan fingerprint density at radius 3 is 2.59 bits per heavy atom. The third kappa shape index (κ3) is 3.14. The van der Waals surface area contributed by atoms with Crippen LogP contribution >= 0.6 is 11.3 Å². The first kappa shape index (κ1) is 15.0. The number of anilines is 2. The third-order valence-corrected chi connectivity index (χ3v) is 4.59. The first-order chi connectivity index (χ1) is 10.7. The minimum absolute atomic E-state index is 0.0870. The highest BCUT2D eigenvalue weighted by atomic mass is 32.1. The quantitative estimate of drug-likeness (QED) is 0.765. The van der Waals surface area contributed by atoms with Crippen molar-refractivity contribution in [3.05, 3.63) is 46.7 Å². The second-order valence-electron chi connectivity index (χ2n) is 5.48. The van der Waals surface area contributed by atoms with Crippen molar-refractivity contribution in [2.24, 2.45) is 5.41 Å². The van der Waals surface area contributed by atoms with Crippen molar-refractivity contribution >= 4 is 28.6 Å². The average molecular weight is 318 g/mol. The van der Waals surface area contributed by atoms with E-state index < -0.39 is 0 Å². The van der Waals surface area contributed by atoms with Gasteiger partial charge in [0.2, 0.25) is 0 Å². The van der Waals surface area contributed by atoms with Gasteiger partial charge in [-0.05, 0) is 23.6 Å². The van der Waals surface area contributed by atoms with Crippen LogP contribution in [0.1, 0.15) is 9.67 Å². The molecule has 1 amide bonds. The number of carbonyl (C=O) groups is 1. The normalized spacial score (nSPS) is 15.9. The Morgan fingerprint density at radius 2 is 2.00 bits per heavy atom. The topological polar surface area (TPSA) is 70.6 Å². The molecule has 1 aliphatic rings. The lowest BCUT2D eigenvalue weighted by molar-refractivity contribution is -0.128. The molecule has 5 nitrogen and oxygen atoms in total. The Kier molecular flexibility index (Phi) is 4.42. The fourth-order valence-electron chi connectivity index (χ4n) is 2.26. The summed E-state index contributed by atoms with van der Waals surface area (Å²) in [5.74, 6) is -0.118. The second kappa shape index (κ2) is 6.48. The molecule has 0 saturated carbocycles. The molecule has 1 fully saturated rings. The molecule has 0 bridgehead atoms. The molecule has 1 saturated heterocycles. The maximum Gasteiger partial charge on any atom is 0.265 e. The summed E-state index contributed by atoms with van der Waals surface area (Å²) in [6.07, 6.45) is 0. The van der Waals surface area contributed by atoms with E-state index in [0.29, 0.717) is 24.6 Å². The van der Waals surface area contributed by atoms with Crippen LogP contribution < -0.4 is 10.6 Å². The number of nitrogens with one attached hydrogen (secondary N) is 2. The standard InChI is InChI=1S/C16H18N2O3S/c19-9-16(10-21-11-16)8-17-12-4-1-2-5-13(12)18-15(20)14-6-3-7-22-14/h1-7,17,19H,8-11H2,(H,18,20). The molecule has 1 aromatic heterocycles. The van der Waals surface area contributed by atoms with Gasteiger partial charge >= 0.3 is 0 Å². The first-order valence-corrected chi connectivity index (χ1v) is 7.97. The molecule has 6 heteroatoms. The van der Waals surface area contributed by atoms with Crippen LogP contribution in [0.4, 0.5) is 11.4 Å². The van der Waals surface area contributed by atoms with Crippen molar-refractivity contribution in [1.82, 2.24) is 0 Å². The molecule has 3 rings (SSSR count). The molecule has 0 aliphatic carbocycles. The van der Waals surface area contributed by atoms with Crippen LogP contribution in [0.2, 0.25) is 0 Å². The summed E-state index contributed by atoms with van der Waals surface area (Å²) in [6, 6.07) is 11.2. The van der Waals surface area contributed by atoms with Gasteiger partial charge in [0, 0.05) is 6.54 Å². The molecule has 22 heavy (non-hydrogen) atoms. The summed E-state index contributed by atoms with van der Waals surface area (Å²) < 4.78 is 5.19. The van der Waals surface area contributed by atoms with Crippen molar-refractivity contribution in [2.75, 3.05) is 37.0 Å². The number of hydrogen-bond donors (Lipinski definition) is 3. The molecule has 116 valence electrons. The number of aliphatic hydroxyl groups excluding tert-OH is 1. The van der Waals surface area contributed by atoms with Gasteiger partial charge in [0.15, 0.2) is 0 Å². The summed E-state index contributed by atoms with van der Waals surface area (Å²) >= 11 is 1.41. The van der Waals surface area contributed by atoms with Gasteiger partial charge in [-0.25, -0.2) is 0 Å². The highest BCUT2D eigenvalue weighted by Gasteiger charge is 2.37. The van der Waals surface area contributed by atoms with Crippen LogP contribution in [0.3, 0.4) is 0 Å². The lowest BCUT2D eigenvalue weighted by atomic mass is 9.87. The van der Waals surface area contributed by atoms with Crippen molar-refractivity contribution in [1.29, 1.82) is 0 Å². The van der Waals surface area contributed by atoms with Crippen molar-refractivity contribution in [3.8, 4) is 0 Å². The number of amides is 1. The van der Waals surface area contributed by atoms with Crippen LogP contribution in [0, 0.1) is 5.41 Å². The van der Waals surface area contributed by atoms with E-state index >= 15 is 0 Å². The van der Waals surface area contributed by atoms with E-state index in [1.165, 1.54) is 11.3 Å². The Balaban J connectivity index is 1.68. The van der Waals surface area contributed by atoms with Crippen molar-refractivity contribution < 1.29 is 14.6 Å². The van der Waals surface area contributed by atoms with Crippen LogP contribution in [0.15, 0.2) is 41.8 Å². The summed E-state index contributed by atoms with van der Waals surface area (Å²) in [6.45, 7) is 1.81. The van der Waals surface area contributed by atoms with Crippen LogP contribution in [-0.2, 0) is 4.74 Å². The van der Waals surface area contributed by atoms with Gasteiger partial charge in [-0.15, -0.1) is 11.3 Å². The number of para-hydroxylation sites is 2. The van der Waals surface area contributed by atoms with Gasteiger partial charge in [-0.1, -0.05) is 18.2 Å². The highest BCUT2D eigenvalue weighted by Crippen LogP contribution is 2.29. The average Bonchev–Trinajstić information content (AvgIpc) is 3.02. The van der Waals surface area contributed by atoms with E-state index in [4.69, 9.17) is 4.74 Å². The van der Waals surface area contributed by atoms with E-state index in [0.717, 1.165) is 11.4 Å². The predicted molar refractivity (Wildman–Crippen MR) is 87.5 cm³/mol. The highest BCUT2D eigenvalue weighted by molar-refractivity contribution is 7.12. The number of aliphatic hydroxyl groups is 1. The molecule has 0 unspecified atom stereocenters. The lowest BCUT2D eigenvalue weighted by Crippen LogP contribution is -2.50. The SMILES string of the molecule is O=C(Nc1ccccc1NCC1(CO)COC1)c1cccs1. The molecule has 1 aromatic carbocycles. The Hall–Kier alpha value is -1.89. The van der Waals surface area contributed by atoms with Gasteiger partial charge in [0.1, 0.15) is 0 Å². The van der Waals surface area contributed by atoms with E-state index in [9.17, 15) is 9.90 Å². The van der Waals surface area contributed by atoms with Crippen molar-refractivity contribution in [2.45, 2.75) is 0 Å². The molecule has 1 aliphatic heterocycles. The van der Waals surface area contributed by atoms with Crippen LogP contribution in [-0.4, -0.2) is 37.4 Å². The number of rotatable bonds is 6. The van der Waals surface area contributed by atoms with Crippen LogP contribution in [0.25, 0.3) is 0 Å².